The summed E-state index contributed by atoms with van der Waals surface area (Å²) in [4.78, 5) is 29.8. The predicted molar refractivity (Wildman–Crippen MR) is 114 cm³/mol. The van der Waals surface area contributed by atoms with Crippen LogP contribution in [0.15, 0.2) is 54.6 Å². The normalized spacial score (nSPS) is 15.8. The molecule has 0 saturated carbocycles. The van der Waals surface area contributed by atoms with Crippen molar-refractivity contribution in [3.63, 3.8) is 0 Å². The Balaban J connectivity index is 1.55. The molecule has 2 aromatic carbocycles. The molecule has 3 aromatic rings. The highest BCUT2D eigenvalue weighted by atomic mass is 16.5. The van der Waals surface area contributed by atoms with Crippen LogP contribution in [0.25, 0.3) is 22.2 Å². The molecule has 0 bridgehead atoms. The summed E-state index contributed by atoms with van der Waals surface area (Å²) in [6.07, 6.45) is 1.99. The molecule has 0 aliphatic carbocycles. The number of amides is 1. The first-order chi connectivity index (χ1) is 14.6. The molecule has 1 aromatic heterocycles. The zero-order valence-electron chi connectivity index (χ0n) is 16.9. The molecule has 1 N–H and O–H groups in total. The number of ether oxygens (including phenoxy) is 2. The van der Waals surface area contributed by atoms with E-state index >= 15 is 0 Å². The van der Waals surface area contributed by atoms with Crippen molar-refractivity contribution < 1.29 is 19.1 Å². The molecule has 0 unspecified atom stereocenters. The Hall–Kier alpha value is -3.25. The van der Waals surface area contributed by atoms with Crippen LogP contribution in [0.5, 0.6) is 0 Å². The van der Waals surface area contributed by atoms with Gasteiger partial charge in [-0.15, -0.1) is 0 Å². The molecule has 6 heteroatoms. The van der Waals surface area contributed by atoms with E-state index in [4.69, 9.17) is 14.5 Å². The summed E-state index contributed by atoms with van der Waals surface area (Å²) < 4.78 is 10.9. The second kappa shape index (κ2) is 9.05. The van der Waals surface area contributed by atoms with Gasteiger partial charge in [-0.25, -0.2) is 9.78 Å². The fourth-order valence-corrected chi connectivity index (χ4v) is 3.73. The Labute approximate surface area is 175 Å². The highest BCUT2D eigenvalue weighted by Crippen LogP contribution is 2.30. The minimum absolute atomic E-state index is 0.0458. The number of nitrogens with one attached hydrogen (secondary N) is 1. The molecule has 154 valence electrons. The van der Waals surface area contributed by atoms with Crippen molar-refractivity contribution in [2.45, 2.75) is 25.9 Å². The second-order valence-corrected chi connectivity index (χ2v) is 7.36. The van der Waals surface area contributed by atoms with E-state index in [0.29, 0.717) is 23.0 Å². The fourth-order valence-electron chi connectivity index (χ4n) is 3.73. The summed E-state index contributed by atoms with van der Waals surface area (Å²) in [5.41, 5.74) is 3.51. The number of carbonyl (C=O) groups is 2. The van der Waals surface area contributed by atoms with Crippen molar-refractivity contribution in [2.24, 2.45) is 0 Å². The topological polar surface area (TPSA) is 77.5 Å². The number of esters is 1. The first-order valence-electron chi connectivity index (χ1n) is 10.1. The third-order valence-electron chi connectivity index (χ3n) is 5.27. The highest BCUT2D eigenvalue weighted by molar-refractivity contribution is 6.06. The van der Waals surface area contributed by atoms with E-state index in [1.54, 1.807) is 0 Å². The van der Waals surface area contributed by atoms with Gasteiger partial charge < -0.3 is 14.8 Å². The van der Waals surface area contributed by atoms with E-state index < -0.39 is 5.97 Å². The van der Waals surface area contributed by atoms with Gasteiger partial charge in [0.1, 0.15) is 0 Å². The van der Waals surface area contributed by atoms with Gasteiger partial charge in [0, 0.05) is 24.1 Å². The van der Waals surface area contributed by atoms with Gasteiger partial charge in [-0.3, -0.25) is 4.79 Å². The summed E-state index contributed by atoms with van der Waals surface area (Å²) in [5.74, 6) is -0.867. The van der Waals surface area contributed by atoms with Crippen LogP contribution < -0.4 is 5.32 Å². The maximum atomic E-state index is 13.0. The van der Waals surface area contributed by atoms with Gasteiger partial charge >= 0.3 is 5.97 Å². The number of nitrogens with zero attached hydrogens (tertiary/aromatic N) is 1. The Morgan fingerprint density at radius 3 is 2.67 bits per heavy atom. The smallest absolute Gasteiger partial charge is 0.339 e. The van der Waals surface area contributed by atoms with E-state index in [2.05, 4.69) is 5.32 Å². The van der Waals surface area contributed by atoms with Crippen molar-refractivity contribution in [1.29, 1.82) is 0 Å². The average Bonchev–Trinajstić information content (AvgIpc) is 3.30. The maximum absolute atomic E-state index is 13.0. The summed E-state index contributed by atoms with van der Waals surface area (Å²) in [7, 11) is 0. The molecule has 0 radical (unpaired) electrons. The largest absolute Gasteiger partial charge is 0.452 e. The van der Waals surface area contributed by atoms with Crippen molar-refractivity contribution in [1.82, 2.24) is 10.3 Å². The van der Waals surface area contributed by atoms with Crippen LogP contribution >= 0.6 is 0 Å². The fraction of sp³-hybridized carbons (Fsp3) is 0.292. The number of carbonyl (C=O) groups excluding carboxylic acids is 2. The Kier molecular flexibility index (Phi) is 6.05. The van der Waals surface area contributed by atoms with Crippen molar-refractivity contribution in [3.8, 4) is 11.3 Å². The number of hydrogen-bond donors (Lipinski definition) is 1. The molecule has 6 nitrogen and oxygen atoms in total. The third-order valence-corrected chi connectivity index (χ3v) is 5.27. The van der Waals surface area contributed by atoms with Crippen LogP contribution in [-0.2, 0) is 14.3 Å². The predicted octanol–water partition coefficient (Wildman–Crippen LogP) is 3.66. The first-order valence-corrected chi connectivity index (χ1v) is 10.1. The van der Waals surface area contributed by atoms with Crippen LogP contribution in [0.3, 0.4) is 0 Å². The third kappa shape index (κ3) is 4.33. The summed E-state index contributed by atoms with van der Waals surface area (Å²) in [5, 5.41) is 3.47. The van der Waals surface area contributed by atoms with Crippen LogP contribution in [0.1, 0.15) is 28.8 Å². The van der Waals surface area contributed by atoms with Crippen LogP contribution in [-0.4, -0.2) is 42.7 Å². The number of para-hydroxylation sites is 1. The standard InChI is InChI=1S/C24H24N2O4/c1-16-22(24(28)30-15-21(27)25-14-18-10-7-13-29-18)19-11-5-6-12-20(19)26-23(16)17-8-3-2-4-9-17/h2-6,8-9,11-12,18H,7,10,13-15H2,1H3,(H,25,27)/t18-/m1/s1. The molecule has 1 saturated heterocycles. The molecular weight excluding hydrogens is 380 g/mol. The van der Waals surface area contributed by atoms with Crippen molar-refractivity contribution >= 4 is 22.8 Å². The Morgan fingerprint density at radius 1 is 1.13 bits per heavy atom. The minimum atomic E-state index is -0.532. The van der Waals surface area contributed by atoms with Gasteiger partial charge in [0.15, 0.2) is 6.61 Å². The molecule has 1 fully saturated rings. The molecule has 0 spiro atoms. The highest BCUT2D eigenvalue weighted by Gasteiger charge is 2.21. The van der Waals surface area contributed by atoms with Gasteiger partial charge in [-0.05, 0) is 31.4 Å². The number of fused-ring (bicyclic) bond motifs is 1. The summed E-state index contributed by atoms with van der Waals surface area (Å²) in [6, 6.07) is 17.2. The number of rotatable bonds is 6. The van der Waals surface area contributed by atoms with E-state index in [-0.39, 0.29) is 18.6 Å². The monoisotopic (exact) mass is 404 g/mol. The lowest BCUT2D eigenvalue weighted by atomic mass is 9.98. The van der Waals surface area contributed by atoms with E-state index in [9.17, 15) is 9.59 Å². The van der Waals surface area contributed by atoms with Crippen LogP contribution in [0.4, 0.5) is 0 Å². The number of benzene rings is 2. The molecule has 1 aliphatic rings. The summed E-state index contributed by atoms with van der Waals surface area (Å²) in [6.45, 7) is 2.69. The molecule has 1 atom stereocenters. The molecule has 2 heterocycles. The Bertz CT molecular complexity index is 1060. The average molecular weight is 404 g/mol. The van der Waals surface area contributed by atoms with E-state index in [0.717, 1.165) is 36.3 Å². The molecule has 1 amide bonds. The summed E-state index contributed by atoms with van der Waals surface area (Å²) >= 11 is 0. The molecular formula is C24H24N2O4. The first kappa shape index (κ1) is 20.0. The zero-order valence-corrected chi connectivity index (χ0v) is 16.9. The van der Waals surface area contributed by atoms with E-state index in [1.807, 2.05) is 61.5 Å². The van der Waals surface area contributed by atoms with Crippen LogP contribution in [0, 0.1) is 6.92 Å². The maximum Gasteiger partial charge on any atom is 0.339 e. The lowest BCUT2D eigenvalue weighted by Gasteiger charge is -2.15. The van der Waals surface area contributed by atoms with Gasteiger partial charge in [-0.2, -0.15) is 0 Å². The van der Waals surface area contributed by atoms with Crippen LogP contribution in [0.2, 0.25) is 0 Å². The lowest BCUT2D eigenvalue weighted by molar-refractivity contribution is -0.124. The van der Waals surface area contributed by atoms with E-state index in [1.165, 1.54) is 0 Å². The Morgan fingerprint density at radius 2 is 1.90 bits per heavy atom. The SMILES string of the molecule is Cc1c(-c2ccccc2)nc2ccccc2c1C(=O)OCC(=O)NC[C@H]1CCCO1. The lowest BCUT2D eigenvalue weighted by Crippen LogP contribution is -2.34. The van der Waals surface area contributed by atoms with Gasteiger partial charge in [0.25, 0.3) is 5.91 Å². The molecule has 30 heavy (non-hydrogen) atoms. The molecule has 1 aliphatic heterocycles. The molecule has 4 rings (SSSR count). The van der Waals surface area contributed by atoms with Gasteiger partial charge in [0.2, 0.25) is 0 Å². The van der Waals surface area contributed by atoms with Gasteiger partial charge in [0.05, 0.1) is 22.9 Å². The quantitative estimate of drug-likeness (QED) is 0.635. The number of hydrogen-bond acceptors (Lipinski definition) is 5. The van der Waals surface area contributed by atoms with Crippen molar-refractivity contribution in [2.75, 3.05) is 19.8 Å². The minimum Gasteiger partial charge on any atom is -0.452 e. The number of aromatic nitrogens is 1. The number of pyridine rings is 1. The van der Waals surface area contributed by atoms with Gasteiger partial charge in [-0.1, -0.05) is 48.5 Å². The van der Waals surface area contributed by atoms with Crippen molar-refractivity contribution in [3.05, 3.63) is 65.7 Å². The zero-order chi connectivity index (χ0) is 20.9. The second-order valence-electron chi connectivity index (χ2n) is 7.36.